The smallest absolute Gasteiger partial charge is 0.234 e. The molecule has 3 rings (SSSR count). The van der Waals surface area contributed by atoms with Crippen molar-refractivity contribution in [3.05, 3.63) is 41.7 Å². The molecule has 0 aliphatic carbocycles. The molecule has 0 aliphatic rings. The third-order valence-corrected chi connectivity index (χ3v) is 5.03. The number of aryl methyl sites for hydroxylation is 1. The molecule has 0 spiro atoms. The SMILES string of the molecule is CCn1cc(-c2nnc(SCC(=O)Nc3ccccc3Cl)n2CC)cn1. The van der Waals surface area contributed by atoms with Crippen molar-refractivity contribution in [3.8, 4) is 11.4 Å². The minimum Gasteiger partial charge on any atom is -0.324 e. The van der Waals surface area contributed by atoms with E-state index in [0.717, 1.165) is 17.9 Å². The highest BCUT2D eigenvalue weighted by atomic mass is 35.5. The standard InChI is InChI=1S/C17H19ClN6OS/c1-3-23-10-12(9-19-23)16-21-22-17(24(16)4-2)26-11-15(25)20-14-8-6-5-7-13(14)18/h5-10H,3-4,11H2,1-2H3,(H,20,25). The van der Waals surface area contributed by atoms with E-state index in [2.05, 4.69) is 20.6 Å². The van der Waals surface area contributed by atoms with Crippen LogP contribution in [0, 0.1) is 0 Å². The summed E-state index contributed by atoms with van der Waals surface area (Å²) in [5.74, 6) is 0.827. The Balaban J connectivity index is 1.68. The number of amides is 1. The van der Waals surface area contributed by atoms with Gasteiger partial charge in [-0.25, -0.2) is 0 Å². The van der Waals surface area contributed by atoms with E-state index < -0.39 is 0 Å². The largest absolute Gasteiger partial charge is 0.324 e. The van der Waals surface area contributed by atoms with Gasteiger partial charge in [-0.15, -0.1) is 10.2 Å². The molecule has 1 aromatic carbocycles. The van der Waals surface area contributed by atoms with Crippen LogP contribution in [0.1, 0.15) is 13.8 Å². The van der Waals surface area contributed by atoms with Gasteiger partial charge in [-0.3, -0.25) is 9.48 Å². The molecular formula is C17H19ClN6OS. The van der Waals surface area contributed by atoms with E-state index in [-0.39, 0.29) is 11.7 Å². The Hall–Kier alpha value is -2.32. The van der Waals surface area contributed by atoms with Crippen LogP contribution in [0.25, 0.3) is 11.4 Å². The summed E-state index contributed by atoms with van der Waals surface area (Å²) in [5, 5.41) is 16.8. The number of hydrogen-bond acceptors (Lipinski definition) is 5. The summed E-state index contributed by atoms with van der Waals surface area (Å²) in [6.07, 6.45) is 3.72. The first kappa shape index (κ1) is 18.5. The van der Waals surface area contributed by atoms with Crippen LogP contribution in [0.2, 0.25) is 5.02 Å². The van der Waals surface area contributed by atoms with Gasteiger partial charge in [-0.05, 0) is 26.0 Å². The van der Waals surface area contributed by atoms with Crippen LogP contribution in [-0.2, 0) is 17.9 Å². The Kier molecular flexibility index (Phi) is 5.95. The molecule has 0 aliphatic heterocycles. The van der Waals surface area contributed by atoms with E-state index >= 15 is 0 Å². The summed E-state index contributed by atoms with van der Waals surface area (Å²) in [6.45, 7) is 5.55. The molecule has 0 unspecified atom stereocenters. The number of rotatable bonds is 7. The van der Waals surface area contributed by atoms with E-state index in [1.54, 1.807) is 18.3 Å². The molecule has 2 heterocycles. The Morgan fingerprint density at radius 3 is 2.73 bits per heavy atom. The lowest BCUT2D eigenvalue weighted by atomic mass is 10.3. The van der Waals surface area contributed by atoms with E-state index in [4.69, 9.17) is 11.6 Å². The van der Waals surface area contributed by atoms with Crippen molar-refractivity contribution in [2.75, 3.05) is 11.1 Å². The van der Waals surface area contributed by atoms with Gasteiger partial charge in [0.25, 0.3) is 0 Å². The number of thioether (sulfide) groups is 1. The molecular weight excluding hydrogens is 372 g/mol. The molecule has 3 aromatic rings. The zero-order chi connectivity index (χ0) is 18.5. The summed E-state index contributed by atoms with van der Waals surface area (Å²) in [6, 6.07) is 7.15. The fraction of sp³-hybridized carbons (Fsp3) is 0.294. The van der Waals surface area contributed by atoms with Crippen LogP contribution in [-0.4, -0.2) is 36.2 Å². The molecule has 9 heteroatoms. The number of anilines is 1. The molecule has 26 heavy (non-hydrogen) atoms. The second kappa shape index (κ2) is 8.37. The topological polar surface area (TPSA) is 77.6 Å². The number of carbonyl (C=O) groups excluding carboxylic acids is 1. The van der Waals surface area contributed by atoms with Crippen LogP contribution in [0.4, 0.5) is 5.69 Å². The predicted molar refractivity (Wildman–Crippen MR) is 103 cm³/mol. The van der Waals surface area contributed by atoms with Gasteiger partial charge in [0.15, 0.2) is 11.0 Å². The minimum atomic E-state index is -0.144. The number of para-hydroxylation sites is 1. The predicted octanol–water partition coefficient (Wildman–Crippen LogP) is 3.57. The average Bonchev–Trinajstić information content (AvgIpc) is 3.27. The maximum Gasteiger partial charge on any atom is 0.234 e. The van der Waals surface area contributed by atoms with Crippen LogP contribution in [0.3, 0.4) is 0 Å². The molecule has 0 fully saturated rings. The highest BCUT2D eigenvalue weighted by Crippen LogP contribution is 2.25. The molecule has 0 bridgehead atoms. The maximum absolute atomic E-state index is 12.2. The van der Waals surface area contributed by atoms with Crippen LogP contribution < -0.4 is 5.32 Å². The Morgan fingerprint density at radius 2 is 2.04 bits per heavy atom. The Labute approximate surface area is 160 Å². The van der Waals surface area contributed by atoms with Crippen molar-refractivity contribution >= 4 is 35.0 Å². The highest BCUT2D eigenvalue weighted by molar-refractivity contribution is 7.99. The van der Waals surface area contributed by atoms with Crippen LogP contribution in [0.5, 0.6) is 0 Å². The van der Waals surface area contributed by atoms with Crippen molar-refractivity contribution in [1.82, 2.24) is 24.5 Å². The lowest BCUT2D eigenvalue weighted by molar-refractivity contribution is -0.113. The van der Waals surface area contributed by atoms with E-state index in [1.165, 1.54) is 11.8 Å². The van der Waals surface area contributed by atoms with Crippen LogP contribution >= 0.6 is 23.4 Å². The summed E-state index contributed by atoms with van der Waals surface area (Å²) in [5.41, 5.74) is 1.51. The third-order valence-electron chi connectivity index (χ3n) is 3.73. The number of nitrogens with one attached hydrogen (secondary N) is 1. The zero-order valence-corrected chi connectivity index (χ0v) is 16.1. The normalized spacial score (nSPS) is 10.9. The van der Waals surface area contributed by atoms with Gasteiger partial charge < -0.3 is 9.88 Å². The van der Waals surface area contributed by atoms with Gasteiger partial charge in [0, 0.05) is 19.3 Å². The first-order chi connectivity index (χ1) is 12.6. The van der Waals surface area contributed by atoms with Gasteiger partial charge in [-0.2, -0.15) is 5.10 Å². The van der Waals surface area contributed by atoms with E-state index in [0.29, 0.717) is 22.4 Å². The molecule has 0 radical (unpaired) electrons. The fourth-order valence-electron chi connectivity index (χ4n) is 2.43. The Morgan fingerprint density at radius 1 is 1.23 bits per heavy atom. The number of halogens is 1. The van der Waals surface area contributed by atoms with Crippen LogP contribution in [0.15, 0.2) is 41.8 Å². The van der Waals surface area contributed by atoms with Gasteiger partial charge in [0.1, 0.15) is 0 Å². The molecule has 0 saturated carbocycles. The molecule has 0 saturated heterocycles. The van der Waals surface area contributed by atoms with Crippen molar-refractivity contribution in [2.45, 2.75) is 32.1 Å². The van der Waals surface area contributed by atoms with Crippen molar-refractivity contribution in [1.29, 1.82) is 0 Å². The molecule has 136 valence electrons. The van der Waals surface area contributed by atoms with Crippen molar-refractivity contribution < 1.29 is 4.79 Å². The van der Waals surface area contributed by atoms with E-state index in [1.807, 2.05) is 41.4 Å². The number of nitrogens with zero attached hydrogens (tertiary/aromatic N) is 5. The molecule has 7 nitrogen and oxygen atoms in total. The summed E-state index contributed by atoms with van der Waals surface area (Å²) >= 11 is 7.40. The number of aromatic nitrogens is 5. The summed E-state index contributed by atoms with van der Waals surface area (Å²) < 4.78 is 3.82. The lowest BCUT2D eigenvalue weighted by Gasteiger charge is -2.08. The van der Waals surface area contributed by atoms with Gasteiger partial charge in [0.05, 0.1) is 28.2 Å². The maximum atomic E-state index is 12.2. The molecule has 1 amide bonds. The highest BCUT2D eigenvalue weighted by Gasteiger charge is 2.16. The van der Waals surface area contributed by atoms with Gasteiger partial charge in [-0.1, -0.05) is 35.5 Å². The average molecular weight is 391 g/mol. The monoisotopic (exact) mass is 390 g/mol. The Bertz CT molecular complexity index is 906. The van der Waals surface area contributed by atoms with Gasteiger partial charge >= 0.3 is 0 Å². The first-order valence-electron chi connectivity index (χ1n) is 8.25. The fourth-order valence-corrected chi connectivity index (χ4v) is 3.41. The minimum absolute atomic E-state index is 0.144. The summed E-state index contributed by atoms with van der Waals surface area (Å²) in [7, 11) is 0. The molecule has 2 aromatic heterocycles. The number of carbonyl (C=O) groups is 1. The van der Waals surface area contributed by atoms with E-state index in [9.17, 15) is 4.79 Å². The summed E-state index contributed by atoms with van der Waals surface area (Å²) in [4.78, 5) is 12.2. The second-order valence-electron chi connectivity index (χ2n) is 5.45. The quantitative estimate of drug-likeness (QED) is 0.624. The lowest BCUT2D eigenvalue weighted by Crippen LogP contribution is -2.15. The second-order valence-corrected chi connectivity index (χ2v) is 6.80. The van der Waals surface area contributed by atoms with Crippen molar-refractivity contribution in [2.24, 2.45) is 0 Å². The third kappa shape index (κ3) is 4.08. The molecule has 0 atom stereocenters. The zero-order valence-electron chi connectivity index (χ0n) is 14.5. The first-order valence-corrected chi connectivity index (χ1v) is 9.62. The van der Waals surface area contributed by atoms with Crippen molar-refractivity contribution in [3.63, 3.8) is 0 Å². The molecule has 1 N–H and O–H groups in total. The number of benzene rings is 1. The number of hydrogen-bond donors (Lipinski definition) is 1. The van der Waals surface area contributed by atoms with Gasteiger partial charge in [0.2, 0.25) is 5.91 Å².